The lowest BCUT2D eigenvalue weighted by molar-refractivity contribution is 0.00678. The highest BCUT2D eigenvalue weighted by Gasteiger charge is 2.19. The molecule has 1 fully saturated rings. The van der Waals surface area contributed by atoms with Crippen LogP contribution in [-0.2, 0) is 4.74 Å². The van der Waals surface area contributed by atoms with Crippen molar-refractivity contribution in [2.24, 2.45) is 5.73 Å². The number of thiocarbonyl (C=S) groups is 1. The Labute approximate surface area is 91.6 Å². The second-order valence-electron chi connectivity index (χ2n) is 3.74. The summed E-state index contributed by atoms with van der Waals surface area (Å²) in [4.78, 5) is 3.01. The van der Waals surface area contributed by atoms with Gasteiger partial charge in [0.2, 0.25) is 0 Å². The molecule has 1 heterocycles. The fourth-order valence-electron chi connectivity index (χ4n) is 1.86. The summed E-state index contributed by atoms with van der Waals surface area (Å²) in [5.74, 6) is 0. The van der Waals surface area contributed by atoms with Gasteiger partial charge in [-0.1, -0.05) is 12.2 Å². The quantitative estimate of drug-likeness (QED) is 0.700. The summed E-state index contributed by atoms with van der Waals surface area (Å²) in [7, 11) is 0. The third-order valence-corrected chi connectivity index (χ3v) is 2.74. The van der Waals surface area contributed by atoms with Crippen LogP contribution in [0.1, 0.15) is 26.2 Å². The molecule has 0 radical (unpaired) electrons. The molecule has 2 N–H and O–H groups in total. The van der Waals surface area contributed by atoms with E-state index in [4.69, 9.17) is 22.7 Å². The van der Waals surface area contributed by atoms with Crippen LogP contribution in [-0.4, -0.2) is 42.2 Å². The summed E-state index contributed by atoms with van der Waals surface area (Å²) in [5.41, 5.74) is 5.48. The Bertz CT molecular complexity index is 185. The van der Waals surface area contributed by atoms with Gasteiger partial charge in [-0.25, -0.2) is 0 Å². The molecule has 0 aromatic heterocycles. The van der Waals surface area contributed by atoms with Crippen molar-refractivity contribution < 1.29 is 4.74 Å². The number of hydrogen-bond acceptors (Lipinski definition) is 3. The predicted octanol–water partition coefficient (Wildman–Crippen LogP) is 1.16. The molecule has 0 bridgehead atoms. The Kier molecular flexibility index (Phi) is 5.37. The summed E-state index contributed by atoms with van der Waals surface area (Å²) < 4.78 is 5.61. The van der Waals surface area contributed by atoms with Crippen molar-refractivity contribution >= 4 is 17.2 Å². The van der Waals surface area contributed by atoms with E-state index in [1.54, 1.807) is 0 Å². The van der Waals surface area contributed by atoms with E-state index in [1.165, 1.54) is 12.8 Å². The zero-order chi connectivity index (χ0) is 10.4. The van der Waals surface area contributed by atoms with Crippen LogP contribution >= 0.6 is 12.2 Å². The van der Waals surface area contributed by atoms with E-state index >= 15 is 0 Å². The van der Waals surface area contributed by atoms with Crippen LogP contribution < -0.4 is 5.73 Å². The highest BCUT2D eigenvalue weighted by atomic mass is 32.1. The largest absolute Gasteiger partial charge is 0.393 e. The van der Waals surface area contributed by atoms with Gasteiger partial charge in [0.25, 0.3) is 0 Å². The fourth-order valence-corrected chi connectivity index (χ4v) is 1.95. The summed E-state index contributed by atoms with van der Waals surface area (Å²) in [6.45, 7) is 6.04. The zero-order valence-electron chi connectivity index (χ0n) is 8.87. The molecule has 1 aliphatic heterocycles. The van der Waals surface area contributed by atoms with Gasteiger partial charge < -0.3 is 15.4 Å². The highest BCUT2D eigenvalue weighted by molar-refractivity contribution is 7.80. The molecule has 1 rings (SSSR count). The lowest BCUT2D eigenvalue weighted by atomic mass is 10.1. The number of nitrogens with zero attached hydrogens (tertiary/aromatic N) is 1. The van der Waals surface area contributed by atoms with E-state index < -0.39 is 0 Å². The molecular weight excluding hydrogens is 196 g/mol. The van der Waals surface area contributed by atoms with Crippen LogP contribution in [0.25, 0.3) is 0 Å². The Balaban J connectivity index is 2.21. The van der Waals surface area contributed by atoms with Gasteiger partial charge in [-0.05, 0) is 26.3 Å². The van der Waals surface area contributed by atoms with Gasteiger partial charge in [-0.15, -0.1) is 0 Å². The minimum Gasteiger partial charge on any atom is -0.393 e. The molecule has 0 saturated carbocycles. The Morgan fingerprint density at radius 2 is 2.43 bits per heavy atom. The van der Waals surface area contributed by atoms with Gasteiger partial charge in [0.15, 0.2) is 0 Å². The molecule has 4 heteroatoms. The first-order valence-electron chi connectivity index (χ1n) is 5.34. The highest BCUT2D eigenvalue weighted by Crippen LogP contribution is 2.13. The molecule has 0 spiro atoms. The third kappa shape index (κ3) is 4.35. The minimum atomic E-state index is 0.417. The van der Waals surface area contributed by atoms with E-state index in [-0.39, 0.29) is 0 Å². The minimum absolute atomic E-state index is 0.417. The standard InChI is InChI=1S/C10H20N2OS/c1-2-13-9-4-3-6-12(8-9)7-5-10(11)14/h9H,2-8H2,1H3,(H2,11,14). The summed E-state index contributed by atoms with van der Waals surface area (Å²) >= 11 is 4.86. The molecule has 14 heavy (non-hydrogen) atoms. The number of rotatable bonds is 5. The van der Waals surface area contributed by atoms with Gasteiger partial charge in [-0.2, -0.15) is 0 Å². The Hall–Kier alpha value is -0.190. The van der Waals surface area contributed by atoms with Crippen molar-refractivity contribution in [2.45, 2.75) is 32.3 Å². The molecule has 3 nitrogen and oxygen atoms in total. The molecule has 1 unspecified atom stereocenters. The van der Waals surface area contributed by atoms with Crippen molar-refractivity contribution in [3.63, 3.8) is 0 Å². The van der Waals surface area contributed by atoms with Crippen LogP contribution in [0.15, 0.2) is 0 Å². The SMILES string of the molecule is CCOC1CCCN(CCC(N)=S)C1. The van der Waals surface area contributed by atoms with Gasteiger partial charge in [0, 0.05) is 26.1 Å². The van der Waals surface area contributed by atoms with E-state index in [9.17, 15) is 0 Å². The molecule has 0 aromatic carbocycles. The number of piperidine rings is 1. The lowest BCUT2D eigenvalue weighted by Crippen LogP contribution is -2.40. The molecule has 1 aliphatic rings. The number of likely N-dealkylation sites (tertiary alicyclic amines) is 1. The van der Waals surface area contributed by atoms with Crippen molar-refractivity contribution in [3.8, 4) is 0 Å². The summed E-state index contributed by atoms with van der Waals surface area (Å²) in [6, 6.07) is 0. The molecule has 0 aliphatic carbocycles. The van der Waals surface area contributed by atoms with Crippen LogP contribution in [0.4, 0.5) is 0 Å². The first-order chi connectivity index (χ1) is 6.72. The zero-order valence-corrected chi connectivity index (χ0v) is 9.68. The number of ether oxygens (including phenoxy) is 1. The summed E-state index contributed by atoms with van der Waals surface area (Å²) in [6.07, 6.45) is 3.66. The molecule has 1 saturated heterocycles. The molecule has 0 amide bonds. The van der Waals surface area contributed by atoms with E-state index in [2.05, 4.69) is 4.90 Å². The number of nitrogens with two attached hydrogens (primary N) is 1. The van der Waals surface area contributed by atoms with E-state index in [1.807, 2.05) is 6.92 Å². The van der Waals surface area contributed by atoms with Crippen molar-refractivity contribution in [1.82, 2.24) is 4.90 Å². The average molecular weight is 216 g/mol. The van der Waals surface area contributed by atoms with Crippen LogP contribution in [0, 0.1) is 0 Å². The van der Waals surface area contributed by atoms with E-state index in [0.29, 0.717) is 11.1 Å². The van der Waals surface area contributed by atoms with E-state index in [0.717, 1.165) is 32.7 Å². The average Bonchev–Trinajstić information content (AvgIpc) is 2.16. The Morgan fingerprint density at radius 1 is 1.64 bits per heavy atom. The Morgan fingerprint density at radius 3 is 3.07 bits per heavy atom. The normalized spacial score (nSPS) is 23.6. The molecular formula is C10H20N2OS. The van der Waals surface area contributed by atoms with Crippen LogP contribution in [0.3, 0.4) is 0 Å². The monoisotopic (exact) mass is 216 g/mol. The van der Waals surface area contributed by atoms with Crippen molar-refractivity contribution in [1.29, 1.82) is 0 Å². The van der Waals surface area contributed by atoms with Gasteiger partial charge in [-0.3, -0.25) is 0 Å². The summed E-state index contributed by atoms with van der Waals surface area (Å²) in [5, 5.41) is 0. The van der Waals surface area contributed by atoms with Crippen LogP contribution in [0.5, 0.6) is 0 Å². The fraction of sp³-hybridized carbons (Fsp3) is 0.900. The third-order valence-electron chi connectivity index (χ3n) is 2.54. The van der Waals surface area contributed by atoms with Crippen molar-refractivity contribution in [3.05, 3.63) is 0 Å². The topological polar surface area (TPSA) is 38.5 Å². The smallest absolute Gasteiger partial charge is 0.0740 e. The first-order valence-corrected chi connectivity index (χ1v) is 5.75. The number of hydrogen-bond donors (Lipinski definition) is 1. The van der Waals surface area contributed by atoms with Gasteiger partial charge in [0.05, 0.1) is 11.1 Å². The molecule has 0 aromatic rings. The van der Waals surface area contributed by atoms with Gasteiger partial charge in [0.1, 0.15) is 0 Å². The lowest BCUT2D eigenvalue weighted by Gasteiger charge is -2.32. The molecule has 82 valence electrons. The van der Waals surface area contributed by atoms with Gasteiger partial charge >= 0.3 is 0 Å². The second kappa shape index (κ2) is 6.32. The maximum absolute atomic E-state index is 5.61. The maximum atomic E-state index is 5.61. The second-order valence-corrected chi connectivity index (χ2v) is 4.26. The predicted molar refractivity (Wildman–Crippen MR) is 62.5 cm³/mol. The van der Waals surface area contributed by atoms with Crippen molar-refractivity contribution in [2.75, 3.05) is 26.2 Å². The van der Waals surface area contributed by atoms with Crippen LogP contribution in [0.2, 0.25) is 0 Å². The maximum Gasteiger partial charge on any atom is 0.0740 e. The first kappa shape index (κ1) is 11.9. The molecule has 1 atom stereocenters.